The Bertz CT molecular complexity index is 627. The van der Waals surface area contributed by atoms with Crippen LogP contribution in [0.4, 0.5) is 10.1 Å². The van der Waals surface area contributed by atoms with Gasteiger partial charge in [-0.15, -0.1) is 0 Å². The van der Waals surface area contributed by atoms with Crippen molar-refractivity contribution >= 4 is 39.1 Å². The van der Waals surface area contributed by atoms with Gasteiger partial charge in [0.15, 0.2) is 0 Å². The topological polar surface area (TPSA) is 20.3 Å². The Labute approximate surface area is 130 Å². The van der Waals surface area contributed by atoms with Crippen molar-refractivity contribution < 1.29 is 9.18 Å². The molecular formula is C15H12BrClFNO. The number of rotatable bonds is 3. The number of carbonyl (C=O) groups is 1. The number of carbonyl (C=O) groups excluding carboxylic acids is 1. The Morgan fingerprint density at radius 2 is 2.00 bits per heavy atom. The lowest BCUT2D eigenvalue weighted by molar-refractivity contribution is 0.0987. The first-order chi connectivity index (χ1) is 9.52. The van der Waals surface area contributed by atoms with Gasteiger partial charge in [-0.2, -0.15) is 0 Å². The summed E-state index contributed by atoms with van der Waals surface area (Å²) in [6, 6.07) is 11.1. The molecule has 0 fully saturated rings. The summed E-state index contributed by atoms with van der Waals surface area (Å²) in [6.45, 7) is 2.16. The second-order valence-electron chi connectivity index (χ2n) is 4.16. The van der Waals surface area contributed by atoms with Gasteiger partial charge in [0.05, 0.1) is 5.69 Å². The molecular weight excluding hydrogens is 345 g/mol. The van der Waals surface area contributed by atoms with Crippen LogP contribution in [-0.4, -0.2) is 12.5 Å². The highest BCUT2D eigenvalue weighted by Crippen LogP contribution is 2.24. The Morgan fingerprint density at radius 1 is 1.30 bits per heavy atom. The average molecular weight is 357 g/mol. The van der Waals surface area contributed by atoms with Crippen LogP contribution in [0.15, 0.2) is 46.9 Å². The molecule has 0 atom stereocenters. The summed E-state index contributed by atoms with van der Waals surface area (Å²) in [5, 5.41) is 0.451. The van der Waals surface area contributed by atoms with Crippen molar-refractivity contribution in [2.24, 2.45) is 0 Å². The van der Waals surface area contributed by atoms with Crippen molar-refractivity contribution in [1.82, 2.24) is 0 Å². The van der Waals surface area contributed by atoms with Gasteiger partial charge in [-0.25, -0.2) is 4.39 Å². The monoisotopic (exact) mass is 355 g/mol. The third kappa shape index (κ3) is 3.19. The molecule has 1 amide bonds. The number of halogens is 3. The zero-order valence-electron chi connectivity index (χ0n) is 10.7. The summed E-state index contributed by atoms with van der Waals surface area (Å²) in [5.74, 6) is -0.718. The molecule has 0 saturated carbocycles. The van der Waals surface area contributed by atoms with E-state index in [0.717, 1.165) is 0 Å². The van der Waals surface area contributed by atoms with Crippen molar-refractivity contribution in [3.8, 4) is 0 Å². The second kappa shape index (κ2) is 6.37. The zero-order chi connectivity index (χ0) is 14.7. The molecule has 0 aliphatic heterocycles. The predicted molar refractivity (Wildman–Crippen MR) is 82.9 cm³/mol. The number of hydrogen-bond donors (Lipinski definition) is 0. The normalized spacial score (nSPS) is 10.4. The Kier molecular flexibility index (Phi) is 4.78. The van der Waals surface area contributed by atoms with Gasteiger partial charge >= 0.3 is 0 Å². The van der Waals surface area contributed by atoms with Crippen LogP contribution in [0, 0.1) is 5.82 Å². The molecule has 2 nitrogen and oxygen atoms in total. The highest BCUT2D eigenvalue weighted by molar-refractivity contribution is 9.10. The lowest BCUT2D eigenvalue weighted by atomic mass is 10.1. The molecule has 5 heteroatoms. The number of para-hydroxylation sites is 1. The highest BCUT2D eigenvalue weighted by Gasteiger charge is 2.19. The summed E-state index contributed by atoms with van der Waals surface area (Å²) < 4.78 is 14.5. The molecule has 0 unspecified atom stereocenters. The van der Waals surface area contributed by atoms with Crippen molar-refractivity contribution in [2.45, 2.75) is 6.92 Å². The first kappa shape index (κ1) is 15.0. The summed E-state index contributed by atoms with van der Waals surface area (Å²) in [6.07, 6.45) is 0. The van der Waals surface area contributed by atoms with Gasteiger partial charge in [-0.1, -0.05) is 39.7 Å². The lowest BCUT2D eigenvalue weighted by Gasteiger charge is -2.21. The molecule has 0 spiro atoms. The number of amides is 1. The van der Waals surface area contributed by atoms with Gasteiger partial charge in [-0.05, 0) is 37.3 Å². The van der Waals surface area contributed by atoms with Crippen molar-refractivity contribution in [3.05, 3.63) is 63.3 Å². The van der Waals surface area contributed by atoms with E-state index >= 15 is 0 Å². The number of nitrogens with zero attached hydrogens (tertiary/aromatic N) is 1. The van der Waals surface area contributed by atoms with E-state index in [0.29, 0.717) is 21.6 Å². The molecule has 2 rings (SSSR count). The standard InChI is InChI=1S/C15H12BrClFNO/c1-2-19(14-6-4-3-5-13(14)18)15(20)10-7-11(16)9-12(17)8-10/h3-9H,2H2,1H3. The molecule has 0 aromatic heterocycles. The Balaban J connectivity index is 2.42. The van der Waals surface area contributed by atoms with Gasteiger partial charge in [0.2, 0.25) is 0 Å². The molecule has 2 aromatic rings. The molecule has 0 saturated heterocycles. The van der Waals surface area contributed by atoms with Crippen molar-refractivity contribution in [1.29, 1.82) is 0 Å². The summed E-state index contributed by atoms with van der Waals surface area (Å²) in [5.41, 5.74) is 0.672. The van der Waals surface area contributed by atoms with E-state index in [4.69, 9.17) is 11.6 Å². The van der Waals surface area contributed by atoms with Gasteiger partial charge < -0.3 is 4.90 Å². The smallest absolute Gasteiger partial charge is 0.258 e. The minimum Gasteiger partial charge on any atom is -0.306 e. The molecule has 0 N–H and O–H groups in total. The number of hydrogen-bond acceptors (Lipinski definition) is 1. The fourth-order valence-corrected chi connectivity index (χ4v) is 2.79. The van der Waals surface area contributed by atoms with E-state index in [1.54, 1.807) is 43.3 Å². The predicted octanol–water partition coefficient (Wildman–Crippen LogP) is 4.91. The largest absolute Gasteiger partial charge is 0.306 e. The van der Waals surface area contributed by atoms with E-state index in [1.165, 1.54) is 11.0 Å². The van der Waals surface area contributed by atoms with E-state index in [-0.39, 0.29) is 11.6 Å². The van der Waals surface area contributed by atoms with Gasteiger partial charge in [0.25, 0.3) is 5.91 Å². The Morgan fingerprint density at radius 3 is 2.60 bits per heavy atom. The third-order valence-electron chi connectivity index (χ3n) is 2.81. The van der Waals surface area contributed by atoms with Gasteiger partial charge in [0.1, 0.15) is 5.82 Å². The summed E-state index contributed by atoms with van der Waals surface area (Å²) in [7, 11) is 0. The van der Waals surface area contributed by atoms with Crippen LogP contribution in [0.2, 0.25) is 5.02 Å². The van der Waals surface area contributed by atoms with Gasteiger partial charge in [-0.3, -0.25) is 4.79 Å². The van der Waals surface area contributed by atoms with Crippen molar-refractivity contribution in [3.63, 3.8) is 0 Å². The maximum Gasteiger partial charge on any atom is 0.258 e. The van der Waals surface area contributed by atoms with Crippen LogP contribution in [-0.2, 0) is 0 Å². The molecule has 0 aliphatic rings. The molecule has 2 aromatic carbocycles. The molecule has 20 heavy (non-hydrogen) atoms. The quantitative estimate of drug-likeness (QED) is 0.765. The average Bonchev–Trinajstić information content (AvgIpc) is 2.40. The lowest BCUT2D eigenvalue weighted by Crippen LogP contribution is -2.31. The fraction of sp³-hybridized carbons (Fsp3) is 0.133. The van der Waals surface area contributed by atoms with Crippen LogP contribution >= 0.6 is 27.5 Å². The van der Waals surface area contributed by atoms with E-state index in [1.807, 2.05) is 0 Å². The molecule has 104 valence electrons. The number of benzene rings is 2. The highest BCUT2D eigenvalue weighted by atomic mass is 79.9. The van der Waals surface area contributed by atoms with Gasteiger partial charge in [0, 0.05) is 21.6 Å². The zero-order valence-corrected chi connectivity index (χ0v) is 13.1. The van der Waals surface area contributed by atoms with Crippen LogP contribution in [0.25, 0.3) is 0 Å². The first-order valence-electron chi connectivity index (χ1n) is 6.05. The maximum absolute atomic E-state index is 13.8. The molecule has 0 bridgehead atoms. The summed E-state index contributed by atoms with van der Waals surface area (Å²) in [4.78, 5) is 13.9. The Hall–Kier alpha value is -1.39. The summed E-state index contributed by atoms with van der Waals surface area (Å²) >= 11 is 9.24. The van der Waals surface area contributed by atoms with Crippen LogP contribution in [0.1, 0.15) is 17.3 Å². The SMILES string of the molecule is CCN(C(=O)c1cc(Cl)cc(Br)c1)c1ccccc1F. The maximum atomic E-state index is 13.8. The van der Waals surface area contributed by atoms with E-state index < -0.39 is 5.82 Å². The third-order valence-corrected chi connectivity index (χ3v) is 3.49. The number of anilines is 1. The fourth-order valence-electron chi connectivity index (χ4n) is 1.93. The molecule has 0 heterocycles. The molecule has 0 radical (unpaired) electrons. The minimum atomic E-state index is -0.427. The molecule has 0 aliphatic carbocycles. The second-order valence-corrected chi connectivity index (χ2v) is 5.51. The van der Waals surface area contributed by atoms with Crippen LogP contribution < -0.4 is 4.90 Å². The minimum absolute atomic E-state index is 0.260. The first-order valence-corrected chi connectivity index (χ1v) is 7.22. The van der Waals surface area contributed by atoms with Crippen LogP contribution in [0.3, 0.4) is 0 Å². The van der Waals surface area contributed by atoms with E-state index in [9.17, 15) is 9.18 Å². The van der Waals surface area contributed by atoms with E-state index in [2.05, 4.69) is 15.9 Å². The van der Waals surface area contributed by atoms with Crippen molar-refractivity contribution in [2.75, 3.05) is 11.4 Å². The van der Waals surface area contributed by atoms with Crippen LogP contribution in [0.5, 0.6) is 0 Å².